The number of hydrogen-bond acceptors (Lipinski definition) is 3. The predicted octanol–water partition coefficient (Wildman–Crippen LogP) is 4.71. The molecule has 0 atom stereocenters. The van der Waals surface area contributed by atoms with E-state index in [4.69, 9.17) is 0 Å². The average Bonchev–Trinajstić information content (AvgIpc) is 3.02. The van der Waals surface area contributed by atoms with Crippen LogP contribution in [0, 0.1) is 5.92 Å². The monoisotopic (exact) mass is 419 g/mol. The summed E-state index contributed by atoms with van der Waals surface area (Å²) < 4.78 is 3.01. The van der Waals surface area contributed by atoms with Gasteiger partial charge in [0.15, 0.2) is 0 Å². The Morgan fingerprint density at radius 3 is 2.35 bits per heavy atom. The second-order valence-corrected chi connectivity index (χ2v) is 9.14. The largest absolute Gasteiger partial charge is 0.493 e. The summed E-state index contributed by atoms with van der Waals surface area (Å²) in [7, 11) is 0. The number of imidazole rings is 1. The number of piperidine rings is 1. The standard InChI is InChI=1S/C26H33N3O2/c1-20(2)16-29-25(30)19-28(26(29)31)18-21-9-11-23(12-10-21)24-8-6-7-22(15-24)17-27-13-4-3-5-14-27/h6-12,15,19-20,30H,3-5,13-14,16-18H2,1-2H3. The van der Waals surface area contributed by atoms with E-state index in [2.05, 4.69) is 53.4 Å². The number of hydrogen-bond donors (Lipinski definition) is 1. The van der Waals surface area contributed by atoms with Crippen LogP contribution in [0.4, 0.5) is 0 Å². The summed E-state index contributed by atoms with van der Waals surface area (Å²) in [5, 5.41) is 10.1. The van der Waals surface area contributed by atoms with Crippen molar-refractivity contribution in [3.63, 3.8) is 0 Å². The van der Waals surface area contributed by atoms with E-state index in [1.54, 1.807) is 4.57 Å². The Kier molecular flexibility index (Phi) is 6.62. The first-order valence-electron chi connectivity index (χ1n) is 11.4. The van der Waals surface area contributed by atoms with Crippen LogP contribution in [0.5, 0.6) is 5.88 Å². The molecule has 1 saturated heterocycles. The lowest BCUT2D eigenvalue weighted by atomic mass is 10.0. The fraction of sp³-hybridized carbons (Fsp3) is 0.423. The van der Waals surface area contributed by atoms with Crippen molar-refractivity contribution in [1.29, 1.82) is 0 Å². The number of nitrogens with zero attached hydrogens (tertiary/aromatic N) is 3. The van der Waals surface area contributed by atoms with E-state index >= 15 is 0 Å². The van der Waals surface area contributed by atoms with Gasteiger partial charge in [0.1, 0.15) is 0 Å². The molecular weight excluding hydrogens is 386 g/mol. The van der Waals surface area contributed by atoms with Gasteiger partial charge in [0.05, 0.1) is 12.7 Å². The van der Waals surface area contributed by atoms with Gasteiger partial charge in [0.2, 0.25) is 5.88 Å². The molecule has 1 N–H and O–H groups in total. The number of aromatic nitrogens is 2. The van der Waals surface area contributed by atoms with Crippen LogP contribution in [0.1, 0.15) is 44.2 Å². The predicted molar refractivity (Wildman–Crippen MR) is 125 cm³/mol. The molecule has 1 aliphatic rings. The van der Waals surface area contributed by atoms with Gasteiger partial charge in [-0.05, 0) is 60.2 Å². The van der Waals surface area contributed by atoms with Crippen molar-refractivity contribution in [3.05, 3.63) is 76.3 Å². The third kappa shape index (κ3) is 5.28. The molecule has 0 aliphatic carbocycles. The molecule has 31 heavy (non-hydrogen) atoms. The Hall–Kier alpha value is -2.79. The normalized spacial score (nSPS) is 14.9. The van der Waals surface area contributed by atoms with Crippen LogP contribution in [0.15, 0.2) is 59.5 Å². The Morgan fingerprint density at radius 2 is 1.65 bits per heavy atom. The highest BCUT2D eigenvalue weighted by atomic mass is 16.3. The summed E-state index contributed by atoms with van der Waals surface area (Å²) >= 11 is 0. The fourth-order valence-corrected chi connectivity index (χ4v) is 4.39. The van der Waals surface area contributed by atoms with E-state index in [1.165, 1.54) is 59.8 Å². The van der Waals surface area contributed by atoms with Gasteiger partial charge in [0, 0.05) is 13.1 Å². The first-order chi connectivity index (χ1) is 15.0. The van der Waals surface area contributed by atoms with Gasteiger partial charge in [-0.3, -0.25) is 14.0 Å². The number of rotatable bonds is 7. The molecule has 1 fully saturated rings. The van der Waals surface area contributed by atoms with Crippen molar-refractivity contribution in [2.45, 2.75) is 52.7 Å². The minimum absolute atomic E-state index is 0.0286. The third-order valence-electron chi connectivity index (χ3n) is 5.99. The second-order valence-electron chi connectivity index (χ2n) is 9.14. The van der Waals surface area contributed by atoms with Gasteiger partial charge in [0.25, 0.3) is 0 Å². The van der Waals surface area contributed by atoms with Crippen LogP contribution in [0.3, 0.4) is 0 Å². The highest BCUT2D eigenvalue weighted by Gasteiger charge is 2.13. The maximum Gasteiger partial charge on any atom is 0.331 e. The average molecular weight is 420 g/mol. The molecule has 0 saturated carbocycles. The van der Waals surface area contributed by atoms with Gasteiger partial charge in [-0.15, -0.1) is 0 Å². The lowest BCUT2D eigenvalue weighted by molar-refractivity contribution is 0.221. The molecule has 3 aromatic rings. The SMILES string of the molecule is CC(C)Cn1c(O)cn(Cc2ccc(-c3cccc(CN4CCCCC4)c3)cc2)c1=O. The Bertz CT molecular complexity index is 1060. The molecule has 1 aromatic heterocycles. The van der Waals surface area contributed by atoms with E-state index in [-0.39, 0.29) is 11.6 Å². The topological polar surface area (TPSA) is 50.4 Å². The third-order valence-corrected chi connectivity index (χ3v) is 5.99. The summed E-state index contributed by atoms with van der Waals surface area (Å²) in [6.45, 7) is 8.45. The van der Waals surface area contributed by atoms with Crippen LogP contribution in [0.2, 0.25) is 0 Å². The zero-order valence-corrected chi connectivity index (χ0v) is 18.6. The Morgan fingerprint density at radius 1 is 0.903 bits per heavy atom. The lowest BCUT2D eigenvalue weighted by Gasteiger charge is -2.26. The molecule has 164 valence electrons. The zero-order valence-electron chi connectivity index (χ0n) is 18.6. The van der Waals surface area contributed by atoms with Gasteiger partial charge in [-0.1, -0.05) is 62.7 Å². The Balaban J connectivity index is 1.46. The van der Waals surface area contributed by atoms with Crippen LogP contribution < -0.4 is 5.69 Å². The van der Waals surface area contributed by atoms with Gasteiger partial charge < -0.3 is 5.11 Å². The molecule has 5 nitrogen and oxygen atoms in total. The number of aromatic hydroxyl groups is 1. The van der Waals surface area contributed by atoms with E-state index in [1.807, 2.05) is 13.8 Å². The molecule has 0 spiro atoms. The van der Waals surface area contributed by atoms with Gasteiger partial charge in [-0.25, -0.2) is 4.79 Å². The molecule has 0 bridgehead atoms. The van der Waals surface area contributed by atoms with Crippen molar-refractivity contribution in [2.24, 2.45) is 5.92 Å². The minimum Gasteiger partial charge on any atom is -0.493 e. The molecule has 2 aromatic carbocycles. The number of likely N-dealkylation sites (tertiary alicyclic amines) is 1. The summed E-state index contributed by atoms with van der Waals surface area (Å²) in [6, 6.07) is 17.2. The van der Waals surface area contributed by atoms with E-state index in [9.17, 15) is 9.90 Å². The maximum atomic E-state index is 12.6. The molecule has 0 amide bonds. The first kappa shape index (κ1) is 21.4. The molecule has 0 unspecified atom stereocenters. The van der Waals surface area contributed by atoms with Gasteiger partial charge >= 0.3 is 5.69 Å². The summed E-state index contributed by atoms with van der Waals surface area (Å²) in [6.07, 6.45) is 5.51. The second kappa shape index (κ2) is 9.56. The maximum absolute atomic E-state index is 12.6. The minimum atomic E-state index is -0.166. The Labute approximate surface area is 184 Å². The van der Waals surface area contributed by atoms with E-state index < -0.39 is 0 Å². The fourth-order valence-electron chi connectivity index (χ4n) is 4.39. The molecule has 4 rings (SSSR count). The van der Waals surface area contributed by atoms with Crippen molar-refractivity contribution < 1.29 is 5.11 Å². The summed E-state index contributed by atoms with van der Waals surface area (Å²) in [5.74, 6) is 0.324. The first-order valence-corrected chi connectivity index (χ1v) is 11.4. The van der Waals surface area contributed by atoms with Crippen LogP contribution in [0.25, 0.3) is 11.1 Å². The quantitative estimate of drug-likeness (QED) is 0.603. The molecule has 0 radical (unpaired) electrons. The van der Waals surface area contributed by atoms with Crippen molar-refractivity contribution in [2.75, 3.05) is 13.1 Å². The van der Waals surface area contributed by atoms with Crippen LogP contribution >= 0.6 is 0 Å². The summed E-state index contributed by atoms with van der Waals surface area (Å²) in [5.41, 5.74) is 4.63. The highest BCUT2D eigenvalue weighted by Crippen LogP contribution is 2.23. The van der Waals surface area contributed by atoms with Crippen molar-refractivity contribution >= 4 is 0 Å². The van der Waals surface area contributed by atoms with E-state index in [0.29, 0.717) is 19.0 Å². The van der Waals surface area contributed by atoms with E-state index in [0.717, 1.165) is 12.1 Å². The van der Waals surface area contributed by atoms with Gasteiger partial charge in [-0.2, -0.15) is 0 Å². The smallest absolute Gasteiger partial charge is 0.331 e. The van der Waals surface area contributed by atoms with Crippen molar-refractivity contribution in [1.82, 2.24) is 14.0 Å². The molecular formula is C26H33N3O2. The van der Waals surface area contributed by atoms with Crippen LogP contribution in [-0.4, -0.2) is 32.2 Å². The van der Waals surface area contributed by atoms with Crippen molar-refractivity contribution in [3.8, 4) is 17.0 Å². The van der Waals surface area contributed by atoms with Crippen LogP contribution in [-0.2, 0) is 19.6 Å². The summed E-state index contributed by atoms with van der Waals surface area (Å²) in [4.78, 5) is 15.1. The molecule has 5 heteroatoms. The zero-order chi connectivity index (χ0) is 21.8. The highest BCUT2D eigenvalue weighted by molar-refractivity contribution is 5.64. The number of benzene rings is 2. The molecule has 1 aliphatic heterocycles. The molecule has 2 heterocycles. The lowest BCUT2D eigenvalue weighted by Crippen LogP contribution is -2.29.